The topological polar surface area (TPSA) is 76.7 Å². The maximum atomic E-state index is 11.8. The van der Waals surface area contributed by atoms with Crippen molar-refractivity contribution in [3.63, 3.8) is 0 Å². The number of ether oxygens (including phenoxy) is 2. The predicted molar refractivity (Wildman–Crippen MR) is 84.6 cm³/mol. The lowest BCUT2D eigenvalue weighted by Gasteiger charge is -2.27. The van der Waals surface area contributed by atoms with E-state index in [0.717, 1.165) is 13.0 Å². The molecule has 1 heterocycles. The molecule has 6 nitrogen and oxygen atoms in total. The average Bonchev–Trinajstić information content (AvgIpc) is 2.46. The van der Waals surface area contributed by atoms with E-state index >= 15 is 0 Å². The summed E-state index contributed by atoms with van der Waals surface area (Å²) in [6.07, 6.45) is 1.14. The average molecular weight is 327 g/mol. The van der Waals surface area contributed by atoms with E-state index in [1.807, 2.05) is 0 Å². The smallest absolute Gasteiger partial charge is 0.337 e. The van der Waals surface area contributed by atoms with Crippen molar-refractivity contribution >= 4 is 34.9 Å². The van der Waals surface area contributed by atoms with Gasteiger partial charge in [0, 0.05) is 13.2 Å². The van der Waals surface area contributed by atoms with Crippen LogP contribution in [0.5, 0.6) is 0 Å². The van der Waals surface area contributed by atoms with Gasteiger partial charge in [0.05, 0.1) is 30.2 Å². The van der Waals surface area contributed by atoms with Gasteiger partial charge in [-0.25, -0.2) is 4.79 Å². The molecule has 2 N–H and O–H groups in total. The van der Waals surface area contributed by atoms with Crippen LogP contribution in [0.3, 0.4) is 0 Å². The molecule has 0 radical (unpaired) electrons. The minimum absolute atomic E-state index is 0.150. The molecule has 22 heavy (non-hydrogen) atoms. The van der Waals surface area contributed by atoms with Gasteiger partial charge in [0.1, 0.15) is 5.38 Å². The first-order chi connectivity index (χ1) is 10.5. The summed E-state index contributed by atoms with van der Waals surface area (Å²) in [6, 6.07) is 4.87. The number of anilines is 2. The number of esters is 1. The van der Waals surface area contributed by atoms with Crippen LogP contribution in [0.1, 0.15) is 23.7 Å². The summed E-state index contributed by atoms with van der Waals surface area (Å²) in [5.41, 5.74) is 1.59. The van der Waals surface area contributed by atoms with Gasteiger partial charge in [-0.3, -0.25) is 4.79 Å². The summed E-state index contributed by atoms with van der Waals surface area (Å²) in [5.74, 6) is -0.748. The highest BCUT2D eigenvalue weighted by molar-refractivity contribution is 6.32. The molecule has 1 saturated heterocycles. The van der Waals surface area contributed by atoms with Gasteiger partial charge in [-0.15, -0.1) is 11.6 Å². The summed E-state index contributed by atoms with van der Waals surface area (Å²) >= 11 is 5.77. The van der Waals surface area contributed by atoms with Gasteiger partial charge in [0.15, 0.2) is 0 Å². The molecular weight excluding hydrogens is 308 g/mol. The molecule has 0 aromatic heterocycles. The second-order valence-corrected chi connectivity index (χ2v) is 5.67. The Bertz CT molecular complexity index is 558. The minimum Gasteiger partial charge on any atom is -0.465 e. The van der Waals surface area contributed by atoms with Crippen molar-refractivity contribution < 1.29 is 19.1 Å². The third kappa shape index (κ3) is 4.11. The Morgan fingerprint density at radius 2 is 2.18 bits per heavy atom. The molecule has 0 bridgehead atoms. The Hall–Kier alpha value is -1.79. The van der Waals surface area contributed by atoms with Crippen molar-refractivity contribution in [3.05, 3.63) is 23.8 Å². The zero-order valence-corrected chi connectivity index (χ0v) is 13.3. The van der Waals surface area contributed by atoms with E-state index in [-0.39, 0.29) is 12.0 Å². The van der Waals surface area contributed by atoms with E-state index in [1.54, 1.807) is 25.1 Å². The molecule has 120 valence electrons. The number of benzene rings is 1. The number of amides is 1. The summed E-state index contributed by atoms with van der Waals surface area (Å²) in [7, 11) is 1.32. The lowest BCUT2D eigenvalue weighted by Crippen LogP contribution is -2.33. The van der Waals surface area contributed by atoms with Crippen molar-refractivity contribution in [2.75, 3.05) is 30.9 Å². The highest BCUT2D eigenvalue weighted by atomic mass is 35.5. The van der Waals surface area contributed by atoms with Crippen LogP contribution in [-0.4, -0.2) is 43.6 Å². The van der Waals surface area contributed by atoms with E-state index in [2.05, 4.69) is 10.6 Å². The van der Waals surface area contributed by atoms with E-state index in [4.69, 9.17) is 21.1 Å². The molecule has 1 aromatic carbocycles. The van der Waals surface area contributed by atoms with E-state index in [1.165, 1.54) is 7.11 Å². The number of methoxy groups -OCH3 is 1. The first-order valence-electron chi connectivity index (χ1n) is 7.04. The molecule has 1 aliphatic heterocycles. The SMILES string of the molecule is COC(=O)c1ccc(NC(=O)[C@H](C)Cl)c(NC[C@@H]2CCO2)c1. The molecule has 1 fully saturated rings. The predicted octanol–water partition coefficient (Wildman–Crippen LogP) is 2.24. The second-order valence-electron chi connectivity index (χ2n) is 5.02. The largest absolute Gasteiger partial charge is 0.465 e. The number of alkyl halides is 1. The van der Waals surface area contributed by atoms with Gasteiger partial charge >= 0.3 is 5.97 Å². The number of hydrogen-bond donors (Lipinski definition) is 2. The number of halogens is 1. The summed E-state index contributed by atoms with van der Waals surface area (Å²) < 4.78 is 10.1. The minimum atomic E-state index is -0.650. The fraction of sp³-hybridized carbons (Fsp3) is 0.467. The van der Waals surface area contributed by atoms with Crippen LogP contribution in [0.4, 0.5) is 11.4 Å². The Kier molecular flexibility index (Phi) is 5.63. The molecule has 0 saturated carbocycles. The molecule has 0 unspecified atom stereocenters. The fourth-order valence-corrected chi connectivity index (χ4v) is 2.00. The maximum Gasteiger partial charge on any atom is 0.337 e. The first-order valence-corrected chi connectivity index (χ1v) is 7.47. The highest BCUT2D eigenvalue weighted by Crippen LogP contribution is 2.25. The van der Waals surface area contributed by atoms with Crippen LogP contribution in [0, 0.1) is 0 Å². The van der Waals surface area contributed by atoms with E-state index < -0.39 is 11.3 Å². The monoisotopic (exact) mass is 326 g/mol. The van der Waals surface area contributed by atoms with Crippen LogP contribution >= 0.6 is 11.6 Å². The molecule has 0 aliphatic carbocycles. The summed E-state index contributed by atoms with van der Waals surface area (Å²) in [5, 5.41) is 5.27. The van der Waals surface area contributed by atoms with Crippen molar-refractivity contribution in [3.8, 4) is 0 Å². The number of rotatable bonds is 6. The van der Waals surface area contributed by atoms with Crippen LogP contribution < -0.4 is 10.6 Å². The summed E-state index contributed by atoms with van der Waals surface area (Å²) in [6.45, 7) is 2.96. The zero-order valence-electron chi connectivity index (χ0n) is 12.5. The van der Waals surface area contributed by atoms with Crippen LogP contribution in [0.25, 0.3) is 0 Å². The third-order valence-electron chi connectivity index (χ3n) is 3.37. The third-order valence-corrected chi connectivity index (χ3v) is 3.57. The zero-order chi connectivity index (χ0) is 16.1. The van der Waals surface area contributed by atoms with Gasteiger partial charge in [0.25, 0.3) is 0 Å². The van der Waals surface area contributed by atoms with Gasteiger partial charge in [-0.2, -0.15) is 0 Å². The van der Waals surface area contributed by atoms with E-state index in [0.29, 0.717) is 23.5 Å². The molecule has 1 amide bonds. The number of carbonyl (C=O) groups is 2. The molecule has 2 rings (SSSR count). The van der Waals surface area contributed by atoms with Crippen molar-refractivity contribution in [1.82, 2.24) is 0 Å². The lowest BCUT2D eigenvalue weighted by molar-refractivity contribution is -0.115. The van der Waals surface area contributed by atoms with Crippen molar-refractivity contribution in [2.24, 2.45) is 0 Å². The normalized spacial score (nSPS) is 18.0. The molecule has 1 aliphatic rings. The fourth-order valence-electron chi connectivity index (χ4n) is 1.95. The van der Waals surface area contributed by atoms with Crippen LogP contribution in [0.15, 0.2) is 18.2 Å². The second kappa shape index (κ2) is 7.47. The quantitative estimate of drug-likeness (QED) is 0.619. The lowest BCUT2D eigenvalue weighted by atomic mass is 10.1. The molecule has 0 spiro atoms. The Morgan fingerprint density at radius 1 is 1.45 bits per heavy atom. The standard InChI is InChI=1S/C15H19ClN2O4/c1-9(16)14(19)18-12-4-3-10(15(20)21-2)7-13(12)17-8-11-5-6-22-11/h3-4,7,9,11,17H,5-6,8H2,1-2H3,(H,18,19)/t9-,11-/m0/s1. The number of nitrogens with one attached hydrogen (secondary N) is 2. The van der Waals surface area contributed by atoms with Crippen molar-refractivity contribution in [2.45, 2.75) is 24.8 Å². The molecule has 2 atom stereocenters. The van der Waals surface area contributed by atoms with Gasteiger partial charge in [-0.1, -0.05) is 0 Å². The van der Waals surface area contributed by atoms with Gasteiger partial charge < -0.3 is 20.1 Å². The maximum absolute atomic E-state index is 11.8. The first kappa shape index (κ1) is 16.6. The Labute approximate surface area is 134 Å². The number of hydrogen-bond acceptors (Lipinski definition) is 5. The van der Waals surface area contributed by atoms with Gasteiger partial charge in [-0.05, 0) is 31.5 Å². The molecular formula is C15H19ClN2O4. The van der Waals surface area contributed by atoms with Crippen molar-refractivity contribution in [1.29, 1.82) is 0 Å². The van der Waals surface area contributed by atoms with Gasteiger partial charge in [0.2, 0.25) is 5.91 Å². The Balaban J connectivity index is 2.17. The Morgan fingerprint density at radius 3 is 2.73 bits per heavy atom. The highest BCUT2D eigenvalue weighted by Gasteiger charge is 2.19. The number of carbonyl (C=O) groups excluding carboxylic acids is 2. The summed E-state index contributed by atoms with van der Waals surface area (Å²) in [4.78, 5) is 23.4. The van der Waals surface area contributed by atoms with Crippen LogP contribution in [-0.2, 0) is 14.3 Å². The molecule has 7 heteroatoms. The van der Waals surface area contributed by atoms with Crippen LogP contribution in [0.2, 0.25) is 0 Å². The van der Waals surface area contributed by atoms with E-state index in [9.17, 15) is 9.59 Å². The molecule has 1 aromatic rings.